The first-order valence-electron chi connectivity index (χ1n) is 7.33. The molecular formula is C17H11F3N2O4. The van der Waals surface area contributed by atoms with E-state index in [1.807, 2.05) is 6.07 Å². The smallest absolute Gasteiger partial charge is 0.420 e. The molecule has 1 aromatic heterocycles. The van der Waals surface area contributed by atoms with Crippen molar-refractivity contribution in [2.24, 2.45) is 0 Å². The van der Waals surface area contributed by atoms with E-state index in [0.717, 1.165) is 17.7 Å². The predicted molar refractivity (Wildman–Crippen MR) is 84.4 cm³/mol. The van der Waals surface area contributed by atoms with Crippen molar-refractivity contribution >= 4 is 5.69 Å². The van der Waals surface area contributed by atoms with E-state index in [2.05, 4.69) is 4.98 Å². The summed E-state index contributed by atoms with van der Waals surface area (Å²) in [5, 5.41) is 10.7. The summed E-state index contributed by atoms with van der Waals surface area (Å²) in [5.74, 6) is -0.0122. The van der Waals surface area contributed by atoms with Crippen LogP contribution >= 0.6 is 0 Å². The molecule has 0 saturated carbocycles. The summed E-state index contributed by atoms with van der Waals surface area (Å²) in [7, 11) is 0. The van der Waals surface area contributed by atoms with Crippen LogP contribution in [0.2, 0.25) is 0 Å². The van der Waals surface area contributed by atoms with E-state index in [-0.39, 0.29) is 12.5 Å². The van der Waals surface area contributed by atoms with Crippen LogP contribution in [0.1, 0.15) is 11.5 Å². The molecule has 0 N–H and O–H groups in total. The molecule has 0 aliphatic carbocycles. The normalized spacial score (nSPS) is 11.3. The fourth-order valence-electron chi connectivity index (χ4n) is 2.23. The molecule has 134 valence electrons. The fraction of sp³-hybridized carbons (Fsp3) is 0.118. The predicted octanol–water partition coefficient (Wildman–Crippen LogP) is 4.85. The third kappa shape index (κ3) is 3.82. The Morgan fingerprint density at radius 2 is 1.88 bits per heavy atom. The minimum Gasteiger partial charge on any atom is -0.483 e. The molecule has 0 atom stereocenters. The second-order valence-corrected chi connectivity index (χ2v) is 5.21. The van der Waals surface area contributed by atoms with Gasteiger partial charge in [0.1, 0.15) is 11.3 Å². The van der Waals surface area contributed by atoms with Gasteiger partial charge in [-0.15, -0.1) is 0 Å². The highest BCUT2D eigenvalue weighted by Gasteiger charge is 2.36. The van der Waals surface area contributed by atoms with Gasteiger partial charge in [-0.3, -0.25) is 10.1 Å². The Morgan fingerprint density at radius 3 is 2.54 bits per heavy atom. The Morgan fingerprint density at radius 1 is 1.15 bits per heavy atom. The van der Waals surface area contributed by atoms with E-state index in [9.17, 15) is 23.3 Å². The number of benzene rings is 2. The molecular weight excluding hydrogens is 353 g/mol. The number of hydrogen-bond acceptors (Lipinski definition) is 5. The average molecular weight is 364 g/mol. The van der Waals surface area contributed by atoms with Crippen LogP contribution in [0.25, 0.3) is 11.3 Å². The van der Waals surface area contributed by atoms with Crippen molar-refractivity contribution in [3.63, 3.8) is 0 Å². The fourth-order valence-corrected chi connectivity index (χ4v) is 2.23. The molecule has 0 aliphatic heterocycles. The minimum absolute atomic E-state index is 0.0790. The Balaban J connectivity index is 1.80. The molecule has 0 bridgehead atoms. The van der Waals surface area contributed by atoms with Crippen molar-refractivity contribution in [1.29, 1.82) is 0 Å². The second-order valence-electron chi connectivity index (χ2n) is 5.21. The van der Waals surface area contributed by atoms with Crippen LogP contribution < -0.4 is 4.74 Å². The third-order valence-corrected chi connectivity index (χ3v) is 3.44. The number of hydrogen-bond donors (Lipinski definition) is 0. The Kier molecular flexibility index (Phi) is 4.61. The van der Waals surface area contributed by atoms with Crippen LogP contribution in [-0.4, -0.2) is 9.91 Å². The lowest BCUT2D eigenvalue weighted by molar-refractivity contribution is -0.385. The molecule has 0 radical (unpaired) electrons. The van der Waals surface area contributed by atoms with Crippen molar-refractivity contribution < 1.29 is 27.2 Å². The highest BCUT2D eigenvalue weighted by Crippen LogP contribution is 2.38. The molecule has 1 heterocycles. The van der Waals surface area contributed by atoms with Gasteiger partial charge in [-0.2, -0.15) is 13.2 Å². The zero-order valence-electron chi connectivity index (χ0n) is 13.1. The number of nitrogens with zero attached hydrogens (tertiary/aromatic N) is 2. The van der Waals surface area contributed by atoms with Crippen LogP contribution in [-0.2, 0) is 12.8 Å². The van der Waals surface area contributed by atoms with Gasteiger partial charge >= 0.3 is 6.18 Å². The van der Waals surface area contributed by atoms with Gasteiger partial charge in [0, 0.05) is 17.7 Å². The number of ether oxygens (including phenoxy) is 1. The molecule has 0 fully saturated rings. The van der Waals surface area contributed by atoms with E-state index in [0.29, 0.717) is 11.8 Å². The van der Waals surface area contributed by atoms with E-state index in [1.54, 1.807) is 24.3 Å². The topological polar surface area (TPSA) is 78.4 Å². The van der Waals surface area contributed by atoms with Gasteiger partial charge in [-0.25, -0.2) is 4.98 Å². The second kappa shape index (κ2) is 6.87. The lowest BCUT2D eigenvalue weighted by Crippen LogP contribution is -2.09. The number of alkyl halides is 3. The first-order valence-corrected chi connectivity index (χ1v) is 7.33. The first-order chi connectivity index (χ1) is 12.3. The van der Waals surface area contributed by atoms with Gasteiger partial charge in [0.05, 0.1) is 11.1 Å². The average Bonchev–Trinajstić information content (AvgIpc) is 3.08. The zero-order valence-corrected chi connectivity index (χ0v) is 13.1. The molecule has 0 aliphatic rings. The Bertz CT molecular complexity index is 923. The maximum Gasteiger partial charge on any atom is 0.420 e. The summed E-state index contributed by atoms with van der Waals surface area (Å²) in [5.41, 5.74) is -1.15. The first kappa shape index (κ1) is 17.5. The van der Waals surface area contributed by atoms with Gasteiger partial charge in [0.15, 0.2) is 12.4 Å². The van der Waals surface area contributed by atoms with E-state index < -0.39 is 28.1 Å². The number of halogens is 3. The summed E-state index contributed by atoms with van der Waals surface area (Å²) in [4.78, 5) is 13.7. The van der Waals surface area contributed by atoms with Crippen molar-refractivity contribution in [3.05, 3.63) is 76.3 Å². The number of aromatic nitrogens is 1. The van der Waals surface area contributed by atoms with Gasteiger partial charge < -0.3 is 9.15 Å². The molecule has 3 aromatic rings. The number of nitro benzene ring substituents is 1. The van der Waals surface area contributed by atoms with Crippen LogP contribution in [0, 0.1) is 10.1 Å². The van der Waals surface area contributed by atoms with Crippen LogP contribution in [0.5, 0.6) is 5.75 Å². The molecule has 9 heteroatoms. The molecule has 0 spiro atoms. The molecule has 6 nitrogen and oxygen atoms in total. The van der Waals surface area contributed by atoms with Gasteiger partial charge in [-0.1, -0.05) is 30.3 Å². The largest absolute Gasteiger partial charge is 0.483 e. The summed E-state index contributed by atoms with van der Waals surface area (Å²) >= 11 is 0. The molecule has 3 rings (SSSR count). The number of non-ortho nitro benzene ring substituents is 1. The van der Waals surface area contributed by atoms with Gasteiger partial charge in [0.2, 0.25) is 5.89 Å². The maximum absolute atomic E-state index is 13.1. The number of oxazole rings is 1. The van der Waals surface area contributed by atoms with E-state index >= 15 is 0 Å². The molecule has 0 amide bonds. The Labute approximate surface area is 145 Å². The summed E-state index contributed by atoms with van der Waals surface area (Å²) in [6.07, 6.45) is -3.36. The van der Waals surface area contributed by atoms with E-state index in [1.165, 1.54) is 6.20 Å². The zero-order chi connectivity index (χ0) is 18.7. The molecule has 0 unspecified atom stereocenters. The summed E-state index contributed by atoms with van der Waals surface area (Å²) < 4.78 is 49.9. The monoisotopic (exact) mass is 364 g/mol. The highest BCUT2D eigenvalue weighted by atomic mass is 19.4. The van der Waals surface area contributed by atoms with Crippen molar-refractivity contribution in [3.8, 4) is 17.1 Å². The van der Waals surface area contributed by atoms with Crippen molar-refractivity contribution in [2.45, 2.75) is 12.8 Å². The SMILES string of the molecule is O=[N+]([O-])c1ccc(OCc2ncc(-c3ccccc3)o2)c(C(F)(F)F)c1. The highest BCUT2D eigenvalue weighted by molar-refractivity contribution is 5.55. The standard InChI is InChI=1S/C17H11F3N2O4/c18-17(19,20)13-8-12(22(23)24)6-7-14(13)25-10-16-21-9-15(26-16)11-4-2-1-3-5-11/h1-9H,10H2. The summed E-state index contributed by atoms with van der Waals surface area (Å²) in [6, 6.07) is 11.3. The lowest BCUT2D eigenvalue weighted by atomic mass is 10.1. The van der Waals surface area contributed by atoms with E-state index in [4.69, 9.17) is 9.15 Å². The molecule has 2 aromatic carbocycles. The summed E-state index contributed by atoms with van der Waals surface area (Å²) in [6.45, 7) is -0.353. The number of rotatable bonds is 5. The molecule has 0 saturated heterocycles. The molecule has 26 heavy (non-hydrogen) atoms. The van der Waals surface area contributed by atoms with Gasteiger partial charge in [0.25, 0.3) is 5.69 Å². The minimum atomic E-state index is -4.80. The van der Waals surface area contributed by atoms with Crippen LogP contribution in [0.4, 0.5) is 18.9 Å². The van der Waals surface area contributed by atoms with Crippen LogP contribution in [0.3, 0.4) is 0 Å². The maximum atomic E-state index is 13.1. The Hall–Kier alpha value is -3.36. The van der Waals surface area contributed by atoms with Gasteiger partial charge in [-0.05, 0) is 6.07 Å². The van der Waals surface area contributed by atoms with Crippen LogP contribution in [0.15, 0.2) is 59.1 Å². The third-order valence-electron chi connectivity index (χ3n) is 3.44. The van der Waals surface area contributed by atoms with Crippen molar-refractivity contribution in [1.82, 2.24) is 4.98 Å². The quantitative estimate of drug-likeness (QED) is 0.478. The van der Waals surface area contributed by atoms with Crippen molar-refractivity contribution in [2.75, 3.05) is 0 Å². The lowest BCUT2D eigenvalue weighted by Gasteiger charge is -2.12. The number of nitro groups is 1.